The van der Waals surface area contributed by atoms with Crippen LogP contribution in [0, 0.1) is 6.92 Å². The van der Waals surface area contributed by atoms with Crippen LogP contribution in [0.15, 0.2) is 18.2 Å². The minimum absolute atomic E-state index is 0.0672. The zero-order valence-electron chi connectivity index (χ0n) is 10.8. The van der Waals surface area contributed by atoms with Gasteiger partial charge in [-0.15, -0.1) is 0 Å². The summed E-state index contributed by atoms with van der Waals surface area (Å²) in [6.07, 6.45) is 1.70. The summed E-state index contributed by atoms with van der Waals surface area (Å²) >= 11 is 0. The maximum atomic E-state index is 14.1. The second-order valence-corrected chi connectivity index (χ2v) is 4.89. The molecule has 0 amide bonds. The smallest absolute Gasteiger partial charge is 0.274 e. The summed E-state index contributed by atoms with van der Waals surface area (Å²) in [6, 6.07) is 4.53. The molecule has 0 aliphatic carbocycles. The highest BCUT2D eigenvalue weighted by molar-refractivity contribution is 5.37. The summed E-state index contributed by atoms with van der Waals surface area (Å²) in [5.74, 6) is -2.13. The Morgan fingerprint density at radius 1 is 1.44 bits per heavy atom. The summed E-state index contributed by atoms with van der Waals surface area (Å²) < 4.78 is 33.4. The molecule has 4 heteroatoms. The third kappa shape index (κ3) is 2.80. The van der Waals surface area contributed by atoms with Crippen LogP contribution in [0.3, 0.4) is 0 Å². The highest BCUT2D eigenvalue weighted by atomic mass is 19.3. The summed E-state index contributed by atoms with van der Waals surface area (Å²) in [5, 5.41) is 3.11. The number of hydrogen-bond acceptors (Lipinski definition) is 2. The van der Waals surface area contributed by atoms with Crippen LogP contribution in [-0.4, -0.2) is 19.7 Å². The van der Waals surface area contributed by atoms with Crippen LogP contribution in [0.5, 0.6) is 5.75 Å². The van der Waals surface area contributed by atoms with Gasteiger partial charge < -0.3 is 10.1 Å². The Morgan fingerprint density at radius 2 is 2.22 bits per heavy atom. The topological polar surface area (TPSA) is 21.3 Å². The van der Waals surface area contributed by atoms with E-state index < -0.39 is 5.92 Å². The number of hydrogen-bond donors (Lipinski definition) is 1. The Kier molecular flexibility index (Phi) is 3.85. The van der Waals surface area contributed by atoms with Crippen LogP contribution in [0.2, 0.25) is 0 Å². The third-order valence-corrected chi connectivity index (χ3v) is 3.48. The minimum Gasteiger partial charge on any atom is -0.496 e. The molecule has 1 aromatic carbocycles. The molecule has 1 N–H and O–H groups in total. The molecule has 1 aromatic rings. The van der Waals surface area contributed by atoms with Crippen molar-refractivity contribution in [1.82, 2.24) is 5.32 Å². The second-order valence-electron chi connectivity index (χ2n) is 4.89. The number of ether oxygens (including phenoxy) is 1. The van der Waals surface area contributed by atoms with Gasteiger partial charge in [0.2, 0.25) is 0 Å². The van der Waals surface area contributed by atoms with Crippen LogP contribution < -0.4 is 10.1 Å². The van der Waals surface area contributed by atoms with E-state index in [9.17, 15) is 8.78 Å². The number of alkyl halides is 2. The number of benzene rings is 1. The SMILES string of the molecule is COc1ccc(C(F)(F)CC2CCCN2)cc1C. The first-order valence-corrected chi connectivity index (χ1v) is 6.29. The number of nitrogens with one attached hydrogen (secondary N) is 1. The maximum Gasteiger partial charge on any atom is 0.274 e. The molecule has 1 atom stereocenters. The van der Waals surface area contributed by atoms with Crippen molar-refractivity contribution in [2.45, 2.75) is 38.2 Å². The monoisotopic (exact) mass is 255 g/mol. The van der Waals surface area contributed by atoms with Crippen LogP contribution in [0.4, 0.5) is 8.78 Å². The Bertz CT molecular complexity index is 414. The molecule has 1 unspecified atom stereocenters. The first-order chi connectivity index (χ1) is 8.53. The van der Waals surface area contributed by atoms with E-state index in [2.05, 4.69) is 5.32 Å². The van der Waals surface area contributed by atoms with Crippen molar-refractivity contribution < 1.29 is 13.5 Å². The van der Waals surface area contributed by atoms with Gasteiger partial charge in [0.25, 0.3) is 5.92 Å². The maximum absolute atomic E-state index is 14.1. The zero-order valence-corrected chi connectivity index (χ0v) is 10.8. The summed E-state index contributed by atoms with van der Waals surface area (Å²) in [5.41, 5.74) is 0.823. The Hall–Kier alpha value is -1.16. The third-order valence-electron chi connectivity index (χ3n) is 3.48. The fourth-order valence-electron chi connectivity index (χ4n) is 2.46. The Balaban J connectivity index is 2.15. The average molecular weight is 255 g/mol. The van der Waals surface area contributed by atoms with Gasteiger partial charge in [-0.2, -0.15) is 0 Å². The highest BCUT2D eigenvalue weighted by Gasteiger charge is 2.35. The van der Waals surface area contributed by atoms with Gasteiger partial charge in [0.05, 0.1) is 7.11 Å². The van der Waals surface area contributed by atoms with Crippen molar-refractivity contribution >= 4 is 0 Å². The molecule has 0 spiro atoms. The van der Waals surface area contributed by atoms with Crippen molar-refractivity contribution in [3.63, 3.8) is 0 Å². The van der Waals surface area contributed by atoms with E-state index >= 15 is 0 Å². The molecule has 1 saturated heterocycles. The van der Waals surface area contributed by atoms with E-state index in [1.54, 1.807) is 20.1 Å². The molecule has 0 aromatic heterocycles. The van der Waals surface area contributed by atoms with Crippen molar-refractivity contribution in [2.75, 3.05) is 13.7 Å². The van der Waals surface area contributed by atoms with Crippen molar-refractivity contribution in [3.8, 4) is 5.75 Å². The number of rotatable bonds is 4. The quantitative estimate of drug-likeness (QED) is 0.891. The molecule has 1 aliphatic rings. The Morgan fingerprint density at radius 3 is 2.78 bits per heavy atom. The molecule has 18 heavy (non-hydrogen) atoms. The van der Waals surface area contributed by atoms with Crippen molar-refractivity contribution in [2.24, 2.45) is 0 Å². The van der Waals surface area contributed by atoms with Gasteiger partial charge in [0.15, 0.2) is 0 Å². The lowest BCUT2D eigenvalue weighted by Crippen LogP contribution is -2.29. The van der Waals surface area contributed by atoms with E-state index in [0.717, 1.165) is 24.9 Å². The molecule has 1 aliphatic heterocycles. The molecule has 1 heterocycles. The lowest BCUT2D eigenvalue weighted by molar-refractivity contribution is -0.0214. The normalized spacial score (nSPS) is 20.1. The average Bonchev–Trinajstić information content (AvgIpc) is 2.81. The zero-order chi connectivity index (χ0) is 13.2. The van der Waals surface area contributed by atoms with E-state index in [4.69, 9.17) is 4.74 Å². The molecule has 0 radical (unpaired) electrons. The minimum atomic E-state index is -2.78. The molecule has 100 valence electrons. The molecule has 2 rings (SSSR count). The highest BCUT2D eigenvalue weighted by Crippen LogP contribution is 2.36. The Labute approximate surface area is 106 Å². The summed E-state index contributed by atoms with van der Waals surface area (Å²) in [4.78, 5) is 0. The van der Waals surface area contributed by atoms with Gasteiger partial charge in [0.1, 0.15) is 5.75 Å². The predicted octanol–water partition coefficient (Wildman–Crippen LogP) is 3.24. The molecular weight excluding hydrogens is 236 g/mol. The van der Waals surface area contributed by atoms with Gasteiger partial charge in [-0.05, 0) is 50.1 Å². The van der Waals surface area contributed by atoms with E-state index in [1.165, 1.54) is 12.1 Å². The van der Waals surface area contributed by atoms with Gasteiger partial charge in [-0.25, -0.2) is 8.78 Å². The van der Waals surface area contributed by atoms with Crippen LogP contribution >= 0.6 is 0 Å². The van der Waals surface area contributed by atoms with Crippen LogP contribution in [-0.2, 0) is 5.92 Å². The molecular formula is C14H19F2NO. The number of halogens is 2. The van der Waals surface area contributed by atoms with E-state index in [1.807, 2.05) is 0 Å². The fraction of sp³-hybridized carbons (Fsp3) is 0.571. The predicted molar refractivity (Wildman–Crippen MR) is 67.3 cm³/mol. The van der Waals surface area contributed by atoms with Crippen molar-refractivity contribution in [3.05, 3.63) is 29.3 Å². The molecule has 0 saturated carbocycles. The largest absolute Gasteiger partial charge is 0.496 e. The lowest BCUT2D eigenvalue weighted by atomic mass is 9.98. The number of methoxy groups -OCH3 is 1. The second kappa shape index (κ2) is 5.22. The summed E-state index contributed by atoms with van der Waals surface area (Å²) in [7, 11) is 1.54. The van der Waals surface area contributed by atoms with Gasteiger partial charge in [-0.3, -0.25) is 0 Å². The van der Waals surface area contributed by atoms with Gasteiger partial charge in [-0.1, -0.05) is 0 Å². The summed E-state index contributed by atoms with van der Waals surface area (Å²) in [6.45, 7) is 2.63. The first kappa shape index (κ1) is 13.3. The van der Waals surface area contributed by atoms with Crippen LogP contribution in [0.1, 0.15) is 30.4 Å². The first-order valence-electron chi connectivity index (χ1n) is 6.29. The van der Waals surface area contributed by atoms with E-state index in [0.29, 0.717) is 5.75 Å². The number of aryl methyl sites for hydroxylation is 1. The fourth-order valence-corrected chi connectivity index (χ4v) is 2.46. The van der Waals surface area contributed by atoms with Gasteiger partial charge >= 0.3 is 0 Å². The molecule has 1 fully saturated rings. The van der Waals surface area contributed by atoms with Crippen molar-refractivity contribution in [1.29, 1.82) is 0 Å². The van der Waals surface area contributed by atoms with E-state index in [-0.39, 0.29) is 18.0 Å². The standard InChI is InChI=1S/C14H19F2NO/c1-10-8-11(5-6-13(10)18-2)14(15,16)9-12-4-3-7-17-12/h5-6,8,12,17H,3-4,7,9H2,1-2H3. The molecule has 0 bridgehead atoms. The van der Waals surface area contributed by atoms with Gasteiger partial charge in [0, 0.05) is 18.0 Å². The molecule has 2 nitrogen and oxygen atoms in total. The lowest BCUT2D eigenvalue weighted by Gasteiger charge is -2.21. The van der Waals surface area contributed by atoms with Crippen LogP contribution in [0.25, 0.3) is 0 Å².